The second-order valence-electron chi connectivity index (χ2n) is 5.69. The van der Waals surface area contributed by atoms with Crippen molar-refractivity contribution in [2.24, 2.45) is 0 Å². The highest BCUT2D eigenvalue weighted by molar-refractivity contribution is 7.08. The van der Waals surface area contributed by atoms with E-state index in [9.17, 15) is 4.79 Å². The molecular weight excluding hydrogens is 324 g/mol. The molecule has 1 N–H and O–H groups in total. The molecule has 0 unspecified atom stereocenters. The lowest BCUT2D eigenvalue weighted by molar-refractivity contribution is 0.0162. The van der Waals surface area contributed by atoms with Crippen LogP contribution in [0.4, 0.5) is 0 Å². The Balaban J connectivity index is 1.71. The van der Waals surface area contributed by atoms with Crippen LogP contribution in [0.5, 0.6) is 0 Å². The van der Waals surface area contributed by atoms with E-state index < -0.39 is 0 Å². The number of aromatic nitrogens is 2. The van der Waals surface area contributed by atoms with Crippen molar-refractivity contribution in [1.82, 2.24) is 19.8 Å². The Morgan fingerprint density at radius 2 is 2.08 bits per heavy atom. The van der Waals surface area contributed by atoms with Crippen LogP contribution in [0, 0.1) is 0 Å². The minimum Gasteiger partial charge on any atom is -0.379 e. The average Bonchev–Trinajstić information content (AvgIpc) is 3.12. The zero-order valence-electron chi connectivity index (χ0n) is 13.8. The Kier molecular flexibility index (Phi) is 5.90. The monoisotopic (exact) mass is 346 g/mol. The Morgan fingerprint density at radius 1 is 1.33 bits per heavy atom. The maximum atomic E-state index is 12.5. The van der Waals surface area contributed by atoms with Crippen LogP contribution in [0.15, 0.2) is 30.3 Å². The summed E-state index contributed by atoms with van der Waals surface area (Å²) in [7, 11) is 0. The number of nitrogens with one attached hydrogen (secondary N) is 1. The Morgan fingerprint density at radius 3 is 2.79 bits per heavy atom. The van der Waals surface area contributed by atoms with Crippen molar-refractivity contribution < 1.29 is 9.53 Å². The summed E-state index contributed by atoms with van der Waals surface area (Å²) >= 11 is 1.16. The van der Waals surface area contributed by atoms with Crippen LogP contribution >= 0.6 is 11.5 Å². The van der Waals surface area contributed by atoms with Crippen molar-refractivity contribution in [2.45, 2.75) is 19.4 Å². The molecule has 0 saturated carbocycles. The molecule has 7 heteroatoms. The summed E-state index contributed by atoms with van der Waals surface area (Å²) in [6.45, 7) is 5.75. The molecule has 1 saturated heterocycles. The van der Waals surface area contributed by atoms with E-state index >= 15 is 0 Å². The third-order valence-corrected chi connectivity index (χ3v) is 4.99. The third-order valence-electron chi connectivity index (χ3n) is 4.22. The lowest BCUT2D eigenvalue weighted by atomic mass is 10.0. The van der Waals surface area contributed by atoms with Crippen molar-refractivity contribution in [3.8, 4) is 0 Å². The maximum Gasteiger partial charge on any atom is 0.265 e. The summed E-state index contributed by atoms with van der Waals surface area (Å²) in [5.74, 6) is -0.0870. The number of nitrogens with zero attached hydrogens (tertiary/aromatic N) is 3. The van der Waals surface area contributed by atoms with Gasteiger partial charge in [0.25, 0.3) is 5.91 Å². The quantitative estimate of drug-likeness (QED) is 0.865. The molecule has 6 nitrogen and oxygen atoms in total. The fraction of sp³-hybridized carbons (Fsp3) is 0.471. The lowest BCUT2D eigenvalue weighted by Gasteiger charge is -2.34. The summed E-state index contributed by atoms with van der Waals surface area (Å²) < 4.78 is 9.35. The molecule has 1 atom stereocenters. The zero-order valence-corrected chi connectivity index (χ0v) is 14.6. The standard InChI is InChI=1S/C17H22N4O2S/c1-2-14-16(24-20-19-14)17(22)18-12-15(13-6-4-3-5-7-13)21-8-10-23-11-9-21/h3-7,15H,2,8-12H2,1H3,(H,18,22)/t15-/m0/s1. The summed E-state index contributed by atoms with van der Waals surface area (Å²) in [5.41, 5.74) is 1.97. The van der Waals surface area contributed by atoms with E-state index in [1.807, 2.05) is 25.1 Å². The number of carbonyl (C=O) groups is 1. The first kappa shape index (κ1) is 17.0. The number of ether oxygens (including phenoxy) is 1. The number of benzene rings is 1. The van der Waals surface area contributed by atoms with Crippen LogP contribution < -0.4 is 5.32 Å². The van der Waals surface area contributed by atoms with Gasteiger partial charge < -0.3 is 10.1 Å². The topological polar surface area (TPSA) is 67.4 Å². The van der Waals surface area contributed by atoms with E-state index in [1.165, 1.54) is 5.56 Å². The molecule has 24 heavy (non-hydrogen) atoms. The molecule has 1 amide bonds. The van der Waals surface area contributed by atoms with Crippen LogP contribution in [0.25, 0.3) is 0 Å². The number of aryl methyl sites for hydroxylation is 1. The second kappa shape index (κ2) is 8.32. The summed E-state index contributed by atoms with van der Waals surface area (Å²) in [5, 5.41) is 7.08. The molecule has 2 heterocycles. The van der Waals surface area contributed by atoms with Gasteiger partial charge in [0.15, 0.2) is 0 Å². The molecule has 2 aromatic rings. The maximum absolute atomic E-state index is 12.5. The predicted octanol–water partition coefficient (Wildman–Crippen LogP) is 1.90. The molecule has 1 fully saturated rings. The van der Waals surface area contributed by atoms with Crippen LogP contribution in [-0.2, 0) is 11.2 Å². The van der Waals surface area contributed by atoms with Crippen LogP contribution in [-0.4, -0.2) is 53.2 Å². The number of morpholine rings is 1. The molecule has 1 aliphatic rings. The van der Waals surface area contributed by atoms with Crippen LogP contribution in [0.2, 0.25) is 0 Å². The first-order valence-electron chi connectivity index (χ1n) is 8.25. The summed E-state index contributed by atoms with van der Waals surface area (Å²) in [6.07, 6.45) is 0.713. The lowest BCUT2D eigenvalue weighted by Crippen LogP contribution is -2.43. The van der Waals surface area contributed by atoms with Gasteiger partial charge in [-0.05, 0) is 23.5 Å². The Hall–Kier alpha value is -1.83. The van der Waals surface area contributed by atoms with Gasteiger partial charge in [0.2, 0.25) is 0 Å². The van der Waals surface area contributed by atoms with Gasteiger partial charge in [0.1, 0.15) is 4.88 Å². The van der Waals surface area contributed by atoms with Gasteiger partial charge in [-0.3, -0.25) is 9.69 Å². The molecular formula is C17H22N4O2S. The first-order valence-corrected chi connectivity index (χ1v) is 9.03. The largest absolute Gasteiger partial charge is 0.379 e. The van der Waals surface area contributed by atoms with Gasteiger partial charge in [-0.2, -0.15) is 0 Å². The molecule has 0 bridgehead atoms. The number of hydrogen-bond acceptors (Lipinski definition) is 6. The number of carbonyl (C=O) groups excluding carboxylic acids is 1. The van der Waals surface area contributed by atoms with E-state index in [4.69, 9.17) is 4.74 Å². The van der Waals surface area contributed by atoms with Gasteiger partial charge in [-0.15, -0.1) is 5.10 Å². The number of hydrogen-bond donors (Lipinski definition) is 1. The number of amides is 1. The SMILES string of the molecule is CCc1nnsc1C(=O)NC[C@@H](c1ccccc1)N1CCOCC1. The van der Waals surface area contributed by atoms with Gasteiger partial charge in [-0.1, -0.05) is 41.7 Å². The highest BCUT2D eigenvalue weighted by Gasteiger charge is 2.24. The number of rotatable bonds is 6. The highest BCUT2D eigenvalue weighted by atomic mass is 32.1. The van der Waals surface area contributed by atoms with E-state index in [2.05, 4.69) is 31.9 Å². The summed E-state index contributed by atoms with van der Waals surface area (Å²) in [4.78, 5) is 15.5. The average molecular weight is 346 g/mol. The Labute approximate surface area is 146 Å². The zero-order chi connectivity index (χ0) is 16.8. The first-order chi connectivity index (χ1) is 11.8. The fourth-order valence-corrected chi connectivity index (χ4v) is 3.57. The van der Waals surface area contributed by atoms with E-state index in [0.29, 0.717) is 17.8 Å². The van der Waals surface area contributed by atoms with Crippen LogP contribution in [0.3, 0.4) is 0 Å². The van der Waals surface area contributed by atoms with Gasteiger partial charge in [-0.25, -0.2) is 0 Å². The van der Waals surface area contributed by atoms with Gasteiger partial charge in [0, 0.05) is 19.6 Å². The molecule has 128 valence electrons. The van der Waals surface area contributed by atoms with E-state index in [-0.39, 0.29) is 11.9 Å². The molecule has 1 aromatic heterocycles. The predicted molar refractivity (Wildman–Crippen MR) is 93.2 cm³/mol. The third kappa shape index (κ3) is 3.98. The minimum absolute atomic E-state index is 0.0870. The van der Waals surface area contributed by atoms with Gasteiger partial charge in [0.05, 0.1) is 24.9 Å². The molecule has 3 rings (SSSR count). The normalized spacial score (nSPS) is 16.7. The molecule has 0 spiro atoms. The van der Waals surface area contributed by atoms with Crippen LogP contribution in [0.1, 0.15) is 33.9 Å². The van der Waals surface area contributed by atoms with E-state index in [0.717, 1.165) is 43.5 Å². The van der Waals surface area contributed by atoms with Crippen molar-refractivity contribution in [2.75, 3.05) is 32.8 Å². The minimum atomic E-state index is -0.0870. The van der Waals surface area contributed by atoms with Crippen molar-refractivity contribution in [3.63, 3.8) is 0 Å². The Bertz CT molecular complexity index is 656. The molecule has 1 aromatic carbocycles. The van der Waals surface area contributed by atoms with Gasteiger partial charge >= 0.3 is 0 Å². The highest BCUT2D eigenvalue weighted by Crippen LogP contribution is 2.21. The fourth-order valence-electron chi connectivity index (χ4n) is 2.90. The second-order valence-corrected chi connectivity index (χ2v) is 6.44. The van der Waals surface area contributed by atoms with Crippen molar-refractivity contribution >= 4 is 17.4 Å². The summed E-state index contributed by atoms with van der Waals surface area (Å²) in [6, 6.07) is 10.4. The van der Waals surface area contributed by atoms with Crippen molar-refractivity contribution in [3.05, 3.63) is 46.5 Å². The van der Waals surface area contributed by atoms with E-state index in [1.54, 1.807) is 0 Å². The molecule has 0 aliphatic carbocycles. The molecule has 0 radical (unpaired) electrons. The van der Waals surface area contributed by atoms with Crippen molar-refractivity contribution in [1.29, 1.82) is 0 Å². The smallest absolute Gasteiger partial charge is 0.265 e. The molecule has 1 aliphatic heterocycles.